The standard InChI is InChI=1S/C20H19ClN2O3S/c1-23-18(13-14-3-9-17(10-4-14)22-27(2,25)26)11-12-19(23)20(24)15-5-7-16(21)8-6-15/h3-12,22H,13H2,1-2H3. The van der Waals surface area contributed by atoms with Crippen LogP contribution in [0.5, 0.6) is 0 Å². The number of aromatic nitrogens is 1. The molecule has 0 saturated carbocycles. The molecular formula is C20H19ClN2O3S. The predicted molar refractivity (Wildman–Crippen MR) is 108 cm³/mol. The van der Waals surface area contributed by atoms with Crippen molar-refractivity contribution in [1.29, 1.82) is 0 Å². The molecule has 1 N–H and O–H groups in total. The summed E-state index contributed by atoms with van der Waals surface area (Å²) in [7, 11) is -1.43. The molecule has 0 atom stereocenters. The largest absolute Gasteiger partial charge is 0.345 e. The maximum atomic E-state index is 12.7. The van der Waals surface area contributed by atoms with E-state index in [0.717, 1.165) is 17.5 Å². The van der Waals surface area contributed by atoms with Gasteiger partial charge in [-0.1, -0.05) is 23.7 Å². The summed E-state index contributed by atoms with van der Waals surface area (Å²) in [5.74, 6) is -0.0619. The van der Waals surface area contributed by atoms with Crippen LogP contribution >= 0.6 is 11.6 Å². The van der Waals surface area contributed by atoms with Crippen molar-refractivity contribution in [3.8, 4) is 0 Å². The number of benzene rings is 2. The van der Waals surface area contributed by atoms with Crippen LogP contribution in [-0.2, 0) is 23.5 Å². The molecule has 140 valence electrons. The van der Waals surface area contributed by atoms with Crippen molar-refractivity contribution in [2.75, 3.05) is 11.0 Å². The van der Waals surface area contributed by atoms with Gasteiger partial charge >= 0.3 is 0 Å². The van der Waals surface area contributed by atoms with Gasteiger partial charge in [0.2, 0.25) is 15.8 Å². The van der Waals surface area contributed by atoms with E-state index in [1.807, 2.05) is 35.9 Å². The number of hydrogen-bond donors (Lipinski definition) is 1. The highest BCUT2D eigenvalue weighted by atomic mass is 35.5. The second-order valence-corrected chi connectivity index (χ2v) is 8.54. The monoisotopic (exact) mass is 402 g/mol. The van der Waals surface area contributed by atoms with Gasteiger partial charge in [0, 0.05) is 35.4 Å². The van der Waals surface area contributed by atoms with Gasteiger partial charge < -0.3 is 4.57 Å². The molecule has 0 aliphatic heterocycles. The van der Waals surface area contributed by atoms with E-state index in [9.17, 15) is 13.2 Å². The quantitative estimate of drug-likeness (QED) is 0.636. The molecule has 1 heterocycles. The van der Waals surface area contributed by atoms with E-state index in [4.69, 9.17) is 11.6 Å². The Hall–Kier alpha value is -2.57. The van der Waals surface area contributed by atoms with E-state index in [0.29, 0.717) is 28.4 Å². The Morgan fingerprint density at radius 3 is 2.22 bits per heavy atom. The third kappa shape index (κ3) is 4.78. The van der Waals surface area contributed by atoms with Crippen LogP contribution in [0.25, 0.3) is 0 Å². The van der Waals surface area contributed by atoms with Crippen LogP contribution in [0.15, 0.2) is 60.7 Å². The highest BCUT2D eigenvalue weighted by Crippen LogP contribution is 2.19. The molecule has 0 fully saturated rings. The Morgan fingerprint density at radius 1 is 1.00 bits per heavy atom. The molecule has 3 aromatic rings. The van der Waals surface area contributed by atoms with Gasteiger partial charge in [-0.15, -0.1) is 0 Å². The molecule has 0 radical (unpaired) electrons. The summed E-state index contributed by atoms with van der Waals surface area (Å²) in [5, 5.41) is 0.591. The van der Waals surface area contributed by atoms with E-state index in [1.165, 1.54) is 0 Å². The van der Waals surface area contributed by atoms with E-state index < -0.39 is 10.0 Å². The fourth-order valence-electron chi connectivity index (χ4n) is 2.82. The Labute approximate surface area is 163 Å². The topological polar surface area (TPSA) is 68.2 Å². The first-order chi connectivity index (χ1) is 12.7. The number of halogens is 1. The summed E-state index contributed by atoms with van der Waals surface area (Å²) < 4.78 is 26.9. The van der Waals surface area contributed by atoms with Crippen LogP contribution in [0, 0.1) is 0 Å². The normalized spacial score (nSPS) is 11.4. The minimum Gasteiger partial charge on any atom is -0.345 e. The van der Waals surface area contributed by atoms with E-state index >= 15 is 0 Å². The molecular weight excluding hydrogens is 384 g/mol. The molecule has 5 nitrogen and oxygen atoms in total. The Morgan fingerprint density at radius 2 is 1.63 bits per heavy atom. The highest BCUT2D eigenvalue weighted by Gasteiger charge is 2.15. The summed E-state index contributed by atoms with van der Waals surface area (Å²) in [6.45, 7) is 0. The Balaban J connectivity index is 1.77. The minimum absolute atomic E-state index is 0.0619. The molecule has 3 rings (SSSR count). The Kier molecular flexibility index (Phi) is 5.39. The number of hydrogen-bond acceptors (Lipinski definition) is 3. The zero-order valence-electron chi connectivity index (χ0n) is 14.9. The van der Waals surface area contributed by atoms with Crippen LogP contribution in [0.1, 0.15) is 27.3 Å². The average Bonchev–Trinajstić information content (AvgIpc) is 2.96. The van der Waals surface area contributed by atoms with E-state index in [-0.39, 0.29) is 5.78 Å². The van der Waals surface area contributed by atoms with Crippen molar-refractivity contribution in [2.24, 2.45) is 7.05 Å². The van der Waals surface area contributed by atoms with Crippen molar-refractivity contribution in [2.45, 2.75) is 6.42 Å². The predicted octanol–water partition coefficient (Wildman–Crippen LogP) is 3.87. The number of ketones is 1. The number of nitrogens with one attached hydrogen (secondary N) is 1. The molecule has 0 spiro atoms. The maximum absolute atomic E-state index is 12.7. The van der Waals surface area contributed by atoms with Gasteiger partial charge in [0.05, 0.1) is 11.9 Å². The molecule has 0 bridgehead atoms. The zero-order valence-corrected chi connectivity index (χ0v) is 16.5. The first-order valence-corrected chi connectivity index (χ1v) is 10.5. The zero-order chi connectivity index (χ0) is 19.6. The third-order valence-electron chi connectivity index (χ3n) is 4.21. The Bertz CT molecular complexity index is 1070. The second kappa shape index (κ2) is 7.58. The van der Waals surface area contributed by atoms with Gasteiger partial charge in [0.15, 0.2) is 0 Å². The van der Waals surface area contributed by atoms with Crippen molar-refractivity contribution in [1.82, 2.24) is 4.57 Å². The lowest BCUT2D eigenvalue weighted by molar-refractivity contribution is 0.103. The number of sulfonamides is 1. The lowest BCUT2D eigenvalue weighted by Crippen LogP contribution is -2.10. The van der Waals surface area contributed by atoms with Gasteiger partial charge in [0.1, 0.15) is 0 Å². The smallest absolute Gasteiger partial charge is 0.229 e. The fraction of sp³-hybridized carbons (Fsp3) is 0.150. The average molecular weight is 403 g/mol. The number of rotatable bonds is 6. The van der Waals surface area contributed by atoms with Crippen molar-refractivity contribution in [3.05, 3.63) is 88.2 Å². The van der Waals surface area contributed by atoms with E-state index in [2.05, 4.69) is 4.72 Å². The molecule has 0 saturated heterocycles. The summed E-state index contributed by atoms with van der Waals surface area (Å²) in [4.78, 5) is 12.7. The number of carbonyl (C=O) groups excluding carboxylic acids is 1. The molecule has 0 aliphatic carbocycles. The number of nitrogens with zero attached hydrogens (tertiary/aromatic N) is 1. The van der Waals surface area contributed by atoms with Crippen LogP contribution in [-0.4, -0.2) is 25.0 Å². The molecule has 0 unspecified atom stereocenters. The van der Waals surface area contributed by atoms with Crippen molar-refractivity contribution >= 4 is 33.1 Å². The van der Waals surface area contributed by atoms with Crippen LogP contribution < -0.4 is 4.72 Å². The van der Waals surface area contributed by atoms with Crippen LogP contribution in [0.3, 0.4) is 0 Å². The van der Waals surface area contributed by atoms with Crippen molar-refractivity contribution < 1.29 is 13.2 Å². The number of anilines is 1. The van der Waals surface area contributed by atoms with Crippen LogP contribution in [0.2, 0.25) is 5.02 Å². The molecule has 27 heavy (non-hydrogen) atoms. The van der Waals surface area contributed by atoms with Gasteiger partial charge in [-0.3, -0.25) is 9.52 Å². The third-order valence-corrected chi connectivity index (χ3v) is 5.07. The molecule has 7 heteroatoms. The first kappa shape index (κ1) is 19.2. The van der Waals surface area contributed by atoms with Gasteiger partial charge in [0.25, 0.3) is 0 Å². The summed E-state index contributed by atoms with van der Waals surface area (Å²) in [6, 6.07) is 17.7. The molecule has 2 aromatic carbocycles. The molecule has 0 amide bonds. The van der Waals surface area contributed by atoms with Crippen molar-refractivity contribution in [3.63, 3.8) is 0 Å². The van der Waals surface area contributed by atoms with Gasteiger partial charge in [-0.25, -0.2) is 8.42 Å². The lowest BCUT2D eigenvalue weighted by atomic mass is 10.1. The minimum atomic E-state index is -3.29. The summed E-state index contributed by atoms with van der Waals surface area (Å²) in [6.07, 6.45) is 1.74. The maximum Gasteiger partial charge on any atom is 0.229 e. The molecule has 0 aliphatic rings. The SMILES string of the molecule is Cn1c(Cc2ccc(NS(C)(=O)=O)cc2)ccc1C(=O)c1ccc(Cl)cc1. The van der Waals surface area contributed by atoms with Gasteiger partial charge in [-0.05, 0) is 54.1 Å². The fourth-order valence-corrected chi connectivity index (χ4v) is 3.51. The molecule has 1 aromatic heterocycles. The first-order valence-electron chi connectivity index (χ1n) is 8.24. The van der Waals surface area contributed by atoms with Gasteiger partial charge in [-0.2, -0.15) is 0 Å². The number of carbonyl (C=O) groups is 1. The highest BCUT2D eigenvalue weighted by molar-refractivity contribution is 7.92. The van der Waals surface area contributed by atoms with Crippen LogP contribution in [0.4, 0.5) is 5.69 Å². The lowest BCUT2D eigenvalue weighted by Gasteiger charge is -2.09. The summed E-state index contributed by atoms with van der Waals surface area (Å²) >= 11 is 5.88. The summed E-state index contributed by atoms with van der Waals surface area (Å²) in [5.41, 5.74) is 3.70. The second-order valence-electron chi connectivity index (χ2n) is 6.35. The van der Waals surface area contributed by atoms with E-state index in [1.54, 1.807) is 36.4 Å².